The Kier molecular flexibility index (Phi) is 8.22. The molecular weight excluding hydrogens is 388 g/mol. The maximum Gasteiger partial charge on any atom is 0.261 e. The molecule has 0 aliphatic rings. The maximum atomic E-state index is 12.6. The number of carbonyl (C=O) groups excluding carboxylic acids is 1. The maximum absolute atomic E-state index is 12.6. The van der Waals surface area contributed by atoms with Gasteiger partial charge in [-0.2, -0.15) is 0 Å². The predicted molar refractivity (Wildman–Crippen MR) is 116 cm³/mol. The average Bonchev–Trinajstić information content (AvgIpc) is 2.66. The van der Waals surface area contributed by atoms with Crippen LogP contribution in [0.25, 0.3) is 0 Å². The zero-order chi connectivity index (χ0) is 21.4. The molecule has 0 unspecified atom stereocenters. The molecule has 0 aromatic heterocycles. The number of ether oxygens (including phenoxy) is 1. The summed E-state index contributed by atoms with van der Waals surface area (Å²) in [6.07, 6.45) is 0.742. The Labute approximate surface area is 173 Å². The van der Waals surface area contributed by atoms with E-state index in [9.17, 15) is 13.2 Å². The predicted octanol–water partition coefficient (Wildman–Crippen LogP) is 3.90. The summed E-state index contributed by atoms with van der Waals surface area (Å²) in [5.41, 5.74) is 2.82. The first-order valence-corrected chi connectivity index (χ1v) is 11.2. The van der Waals surface area contributed by atoms with Gasteiger partial charge in [0.15, 0.2) is 0 Å². The number of rotatable bonds is 10. The third-order valence-corrected chi connectivity index (χ3v) is 5.77. The number of hydrogen-bond donors (Lipinski definition) is 2. The molecule has 0 saturated heterocycles. The van der Waals surface area contributed by atoms with Crippen molar-refractivity contribution in [2.24, 2.45) is 5.92 Å². The van der Waals surface area contributed by atoms with Crippen LogP contribution in [-0.2, 0) is 14.8 Å². The first kappa shape index (κ1) is 22.9. The van der Waals surface area contributed by atoms with Crippen molar-refractivity contribution in [2.75, 3.05) is 24.5 Å². The van der Waals surface area contributed by atoms with E-state index in [1.54, 1.807) is 42.5 Å². The van der Waals surface area contributed by atoms with Crippen molar-refractivity contribution in [3.05, 3.63) is 59.2 Å². The Morgan fingerprint density at radius 3 is 2.34 bits per heavy atom. The molecule has 158 valence electrons. The van der Waals surface area contributed by atoms with Crippen LogP contribution in [-0.4, -0.2) is 34.1 Å². The van der Waals surface area contributed by atoms with Gasteiger partial charge in [-0.25, -0.2) is 8.42 Å². The fraction of sp³-hybridized carbons (Fsp3) is 0.409. The van der Waals surface area contributed by atoms with Crippen LogP contribution >= 0.6 is 0 Å². The molecule has 2 aromatic rings. The molecule has 0 heterocycles. The van der Waals surface area contributed by atoms with E-state index in [-0.39, 0.29) is 10.8 Å². The lowest BCUT2D eigenvalue weighted by molar-refractivity contribution is 0.0925. The molecule has 0 atom stereocenters. The van der Waals surface area contributed by atoms with Crippen LogP contribution in [0, 0.1) is 19.8 Å². The monoisotopic (exact) mass is 418 g/mol. The largest absolute Gasteiger partial charge is 0.381 e. The molecule has 0 bridgehead atoms. The van der Waals surface area contributed by atoms with Gasteiger partial charge in [-0.1, -0.05) is 19.9 Å². The molecule has 2 rings (SSSR count). The topological polar surface area (TPSA) is 84.5 Å². The molecule has 0 aliphatic heterocycles. The van der Waals surface area contributed by atoms with Crippen molar-refractivity contribution in [3.8, 4) is 0 Å². The van der Waals surface area contributed by atoms with E-state index in [0.717, 1.165) is 17.5 Å². The summed E-state index contributed by atoms with van der Waals surface area (Å²) in [5.74, 6) is 0.299. The van der Waals surface area contributed by atoms with Crippen LogP contribution < -0.4 is 10.0 Å². The van der Waals surface area contributed by atoms with Gasteiger partial charge >= 0.3 is 0 Å². The Morgan fingerprint density at radius 1 is 1.03 bits per heavy atom. The van der Waals surface area contributed by atoms with Gasteiger partial charge in [0, 0.05) is 31.0 Å². The first-order chi connectivity index (χ1) is 13.7. The molecular formula is C22H30N2O4S. The molecule has 0 fully saturated rings. The standard InChI is InChI=1S/C22H30N2O4S/c1-16(2)15-28-13-5-12-23-22(25)19-7-9-20(10-8-19)24-29(26,27)21-11-6-17(3)18(4)14-21/h6-11,14,16,24H,5,12-13,15H2,1-4H3,(H,23,25). The minimum atomic E-state index is -3.68. The Morgan fingerprint density at radius 2 is 1.72 bits per heavy atom. The van der Waals surface area contributed by atoms with Gasteiger partial charge in [0.1, 0.15) is 0 Å². The molecule has 7 heteroatoms. The van der Waals surface area contributed by atoms with Gasteiger partial charge in [0.2, 0.25) is 0 Å². The van der Waals surface area contributed by atoms with Crippen LogP contribution in [0.5, 0.6) is 0 Å². The number of carbonyl (C=O) groups is 1. The molecule has 2 N–H and O–H groups in total. The summed E-state index contributed by atoms with van der Waals surface area (Å²) < 4.78 is 33.1. The molecule has 0 spiro atoms. The Bertz CT molecular complexity index is 922. The first-order valence-electron chi connectivity index (χ1n) is 9.75. The van der Waals surface area contributed by atoms with Crippen LogP contribution in [0.1, 0.15) is 41.8 Å². The van der Waals surface area contributed by atoms with E-state index >= 15 is 0 Å². The molecule has 1 amide bonds. The van der Waals surface area contributed by atoms with Crippen molar-refractivity contribution in [1.82, 2.24) is 5.32 Å². The summed E-state index contributed by atoms with van der Waals surface area (Å²) >= 11 is 0. The van der Waals surface area contributed by atoms with Gasteiger partial charge in [-0.3, -0.25) is 9.52 Å². The second-order valence-electron chi connectivity index (χ2n) is 7.51. The number of anilines is 1. The zero-order valence-electron chi connectivity index (χ0n) is 17.5. The zero-order valence-corrected chi connectivity index (χ0v) is 18.3. The highest BCUT2D eigenvalue weighted by Gasteiger charge is 2.15. The number of aryl methyl sites for hydroxylation is 2. The number of hydrogen-bond acceptors (Lipinski definition) is 4. The lowest BCUT2D eigenvalue weighted by Gasteiger charge is -2.11. The SMILES string of the molecule is Cc1ccc(S(=O)(=O)Nc2ccc(C(=O)NCCCOCC(C)C)cc2)cc1C. The highest BCUT2D eigenvalue weighted by atomic mass is 32.2. The molecule has 0 aliphatic carbocycles. The van der Waals surface area contributed by atoms with Crippen molar-refractivity contribution < 1.29 is 17.9 Å². The summed E-state index contributed by atoms with van der Waals surface area (Å²) in [6.45, 7) is 9.84. The lowest BCUT2D eigenvalue weighted by Crippen LogP contribution is -2.25. The van der Waals surface area contributed by atoms with Gasteiger partial charge in [-0.05, 0) is 73.7 Å². The normalized spacial score (nSPS) is 11.5. The van der Waals surface area contributed by atoms with E-state index in [2.05, 4.69) is 23.9 Å². The second kappa shape index (κ2) is 10.4. The molecule has 2 aromatic carbocycles. The van der Waals surface area contributed by atoms with Crippen LogP contribution in [0.4, 0.5) is 5.69 Å². The smallest absolute Gasteiger partial charge is 0.261 e. The second-order valence-corrected chi connectivity index (χ2v) is 9.19. The van der Waals surface area contributed by atoms with Gasteiger partial charge in [0.25, 0.3) is 15.9 Å². The molecule has 29 heavy (non-hydrogen) atoms. The quantitative estimate of drug-likeness (QED) is 0.573. The molecule has 6 nitrogen and oxygen atoms in total. The van der Waals surface area contributed by atoms with Crippen LogP contribution in [0.15, 0.2) is 47.4 Å². The van der Waals surface area contributed by atoms with E-state index in [4.69, 9.17) is 4.74 Å². The third kappa shape index (κ3) is 7.18. The van der Waals surface area contributed by atoms with E-state index < -0.39 is 10.0 Å². The number of nitrogens with one attached hydrogen (secondary N) is 2. The van der Waals surface area contributed by atoms with E-state index in [1.165, 1.54) is 0 Å². The van der Waals surface area contributed by atoms with Gasteiger partial charge in [0.05, 0.1) is 4.90 Å². The summed E-state index contributed by atoms with van der Waals surface area (Å²) in [5, 5.41) is 2.83. The van der Waals surface area contributed by atoms with Crippen molar-refractivity contribution in [3.63, 3.8) is 0 Å². The van der Waals surface area contributed by atoms with Crippen molar-refractivity contribution in [1.29, 1.82) is 0 Å². The van der Waals surface area contributed by atoms with Gasteiger partial charge < -0.3 is 10.1 Å². The Balaban J connectivity index is 1.89. The molecule has 0 saturated carbocycles. The third-order valence-electron chi connectivity index (χ3n) is 4.39. The fourth-order valence-electron chi connectivity index (χ4n) is 2.58. The minimum absolute atomic E-state index is 0.197. The number of amides is 1. The summed E-state index contributed by atoms with van der Waals surface area (Å²) in [4.78, 5) is 12.4. The van der Waals surface area contributed by atoms with Gasteiger partial charge in [-0.15, -0.1) is 0 Å². The minimum Gasteiger partial charge on any atom is -0.381 e. The number of benzene rings is 2. The van der Waals surface area contributed by atoms with E-state index in [1.807, 2.05) is 13.8 Å². The molecule has 0 radical (unpaired) electrons. The summed E-state index contributed by atoms with van der Waals surface area (Å²) in [7, 11) is -3.68. The fourth-order valence-corrected chi connectivity index (χ4v) is 3.73. The highest BCUT2D eigenvalue weighted by molar-refractivity contribution is 7.92. The van der Waals surface area contributed by atoms with Crippen molar-refractivity contribution >= 4 is 21.6 Å². The van der Waals surface area contributed by atoms with Crippen LogP contribution in [0.3, 0.4) is 0 Å². The van der Waals surface area contributed by atoms with Crippen molar-refractivity contribution in [2.45, 2.75) is 39.0 Å². The van der Waals surface area contributed by atoms with E-state index in [0.29, 0.717) is 36.9 Å². The lowest BCUT2D eigenvalue weighted by atomic mass is 10.1. The average molecular weight is 419 g/mol. The summed E-state index contributed by atoms with van der Waals surface area (Å²) in [6, 6.07) is 11.4. The van der Waals surface area contributed by atoms with Crippen LogP contribution in [0.2, 0.25) is 0 Å². The highest BCUT2D eigenvalue weighted by Crippen LogP contribution is 2.19. The Hall–Kier alpha value is -2.38. The number of sulfonamides is 1.